The molecule has 0 spiro atoms. The van der Waals surface area contributed by atoms with Crippen molar-refractivity contribution >= 4 is 27.7 Å². The summed E-state index contributed by atoms with van der Waals surface area (Å²) in [4.78, 5) is 0. The summed E-state index contributed by atoms with van der Waals surface area (Å²) < 4.78 is 13.5. The Hall–Kier alpha value is -1.99. The normalized spacial score (nSPS) is 10.8. The van der Waals surface area contributed by atoms with Gasteiger partial charge in [0, 0.05) is 12.3 Å². The van der Waals surface area contributed by atoms with E-state index in [1.165, 1.54) is 0 Å². The summed E-state index contributed by atoms with van der Waals surface area (Å²) in [6.45, 7) is 4.43. The number of halogens is 1. The van der Waals surface area contributed by atoms with Crippen molar-refractivity contribution in [1.29, 1.82) is 0 Å². The Kier molecular flexibility index (Phi) is 5.42. The zero-order chi connectivity index (χ0) is 16.9. The SMILES string of the molecule is C=CCn1c(SCc2cccc(OC)c2)nnc1-c1ccc(Br)o1. The maximum atomic E-state index is 5.60. The number of furan rings is 1. The molecule has 2 heterocycles. The van der Waals surface area contributed by atoms with Crippen LogP contribution in [0.1, 0.15) is 5.56 Å². The van der Waals surface area contributed by atoms with E-state index < -0.39 is 0 Å². The fourth-order valence-corrected chi connectivity index (χ4v) is 3.41. The predicted molar refractivity (Wildman–Crippen MR) is 98.2 cm³/mol. The highest BCUT2D eigenvalue weighted by atomic mass is 79.9. The molecule has 0 N–H and O–H groups in total. The van der Waals surface area contributed by atoms with Gasteiger partial charge in [0.1, 0.15) is 5.75 Å². The van der Waals surface area contributed by atoms with Crippen LogP contribution in [-0.2, 0) is 12.3 Å². The molecule has 0 aliphatic heterocycles. The molecule has 3 aromatic rings. The zero-order valence-electron chi connectivity index (χ0n) is 13.1. The van der Waals surface area contributed by atoms with Gasteiger partial charge in [0.25, 0.3) is 0 Å². The molecule has 0 aliphatic carbocycles. The first-order valence-corrected chi connectivity index (χ1v) is 9.04. The number of aromatic nitrogens is 3. The molecule has 0 saturated carbocycles. The van der Waals surface area contributed by atoms with Crippen LogP contribution in [0.2, 0.25) is 0 Å². The van der Waals surface area contributed by atoms with Crippen LogP contribution in [0.5, 0.6) is 5.75 Å². The Morgan fingerprint density at radius 1 is 1.33 bits per heavy atom. The highest BCUT2D eigenvalue weighted by Gasteiger charge is 2.16. The molecule has 0 saturated heterocycles. The summed E-state index contributed by atoms with van der Waals surface area (Å²) in [5.74, 6) is 2.98. The second-order valence-electron chi connectivity index (χ2n) is 4.95. The Morgan fingerprint density at radius 3 is 2.92 bits per heavy atom. The quantitative estimate of drug-likeness (QED) is 0.417. The van der Waals surface area contributed by atoms with Crippen LogP contribution in [0.25, 0.3) is 11.6 Å². The first-order valence-electron chi connectivity index (χ1n) is 7.27. The van der Waals surface area contributed by atoms with Crippen LogP contribution in [0.3, 0.4) is 0 Å². The molecule has 0 radical (unpaired) electrons. The number of nitrogens with zero attached hydrogens (tertiary/aromatic N) is 3. The minimum Gasteiger partial charge on any atom is -0.497 e. The third-order valence-corrected chi connectivity index (χ3v) is 4.79. The van der Waals surface area contributed by atoms with Crippen molar-refractivity contribution in [2.45, 2.75) is 17.5 Å². The smallest absolute Gasteiger partial charge is 0.200 e. The molecular weight excluding hydrogens is 390 g/mol. The second kappa shape index (κ2) is 7.72. The van der Waals surface area contributed by atoms with Crippen molar-refractivity contribution in [3.05, 3.63) is 59.3 Å². The first kappa shape index (κ1) is 16.9. The van der Waals surface area contributed by atoms with Gasteiger partial charge in [-0.2, -0.15) is 0 Å². The third kappa shape index (κ3) is 3.73. The minimum atomic E-state index is 0.612. The monoisotopic (exact) mass is 405 g/mol. The molecule has 0 atom stereocenters. The van der Waals surface area contributed by atoms with E-state index in [-0.39, 0.29) is 0 Å². The lowest BCUT2D eigenvalue weighted by atomic mass is 10.2. The number of benzene rings is 1. The lowest BCUT2D eigenvalue weighted by molar-refractivity contribution is 0.414. The molecule has 7 heteroatoms. The number of hydrogen-bond donors (Lipinski definition) is 0. The predicted octanol–water partition coefficient (Wildman–Crippen LogP) is 4.79. The molecule has 0 unspecified atom stereocenters. The highest BCUT2D eigenvalue weighted by molar-refractivity contribution is 9.10. The molecule has 3 rings (SSSR count). The standard InChI is InChI=1S/C17H16BrN3O2S/c1-3-9-21-16(14-7-8-15(18)23-14)19-20-17(21)24-11-12-5-4-6-13(10-12)22-2/h3-8,10H,1,9,11H2,2H3. The van der Waals surface area contributed by atoms with E-state index in [0.717, 1.165) is 22.2 Å². The van der Waals surface area contributed by atoms with E-state index >= 15 is 0 Å². The Labute approximate surface area is 152 Å². The number of rotatable bonds is 7. The Bertz CT molecular complexity index is 844. The van der Waals surface area contributed by atoms with Crippen LogP contribution in [-0.4, -0.2) is 21.9 Å². The maximum Gasteiger partial charge on any atom is 0.200 e. The van der Waals surface area contributed by atoms with Crippen molar-refractivity contribution in [3.63, 3.8) is 0 Å². The third-order valence-electron chi connectivity index (χ3n) is 3.32. The molecule has 0 aliphatic rings. The van der Waals surface area contributed by atoms with Crippen LogP contribution in [0.15, 0.2) is 63.3 Å². The summed E-state index contributed by atoms with van der Waals surface area (Å²) in [5, 5.41) is 9.39. The number of methoxy groups -OCH3 is 1. The van der Waals surface area contributed by atoms with Gasteiger partial charge >= 0.3 is 0 Å². The van der Waals surface area contributed by atoms with Gasteiger partial charge in [-0.3, -0.25) is 4.57 Å². The van der Waals surface area contributed by atoms with Crippen LogP contribution in [0, 0.1) is 0 Å². The van der Waals surface area contributed by atoms with Gasteiger partial charge in [0.05, 0.1) is 7.11 Å². The van der Waals surface area contributed by atoms with Crippen LogP contribution in [0.4, 0.5) is 0 Å². The lowest BCUT2D eigenvalue weighted by Gasteiger charge is -2.07. The molecule has 124 valence electrons. The fraction of sp³-hybridized carbons (Fsp3) is 0.176. The van der Waals surface area contributed by atoms with E-state index in [9.17, 15) is 0 Å². The van der Waals surface area contributed by atoms with Gasteiger partial charge in [0.15, 0.2) is 15.6 Å². The molecule has 2 aromatic heterocycles. The van der Waals surface area contributed by atoms with E-state index in [4.69, 9.17) is 9.15 Å². The van der Waals surface area contributed by atoms with Crippen LogP contribution < -0.4 is 4.74 Å². The zero-order valence-corrected chi connectivity index (χ0v) is 15.5. The summed E-state index contributed by atoms with van der Waals surface area (Å²) in [7, 11) is 1.67. The highest BCUT2D eigenvalue weighted by Crippen LogP contribution is 2.29. The number of allylic oxidation sites excluding steroid dienone is 1. The first-order chi connectivity index (χ1) is 11.7. The van der Waals surface area contributed by atoms with Gasteiger partial charge in [-0.15, -0.1) is 16.8 Å². The maximum absolute atomic E-state index is 5.60. The Morgan fingerprint density at radius 2 is 2.21 bits per heavy atom. The molecule has 0 amide bonds. The number of ether oxygens (including phenoxy) is 1. The van der Waals surface area contributed by atoms with Gasteiger partial charge in [0.2, 0.25) is 5.82 Å². The molecule has 1 aromatic carbocycles. The fourth-order valence-electron chi connectivity index (χ4n) is 2.22. The van der Waals surface area contributed by atoms with E-state index in [0.29, 0.717) is 22.8 Å². The lowest BCUT2D eigenvalue weighted by Crippen LogP contribution is -2.00. The minimum absolute atomic E-state index is 0.612. The van der Waals surface area contributed by atoms with Gasteiger partial charge in [-0.25, -0.2) is 0 Å². The average molecular weight is 406 g/mol. The van der Waals surface area contributed by atoms with Gasteiger partial charge in [-0.1, -0.05) is 30.0 Å². The van der Waals surface area contributed by atoms with Crippen molar-refractivity contribution < 1.29 is 9.15 Å². The van der Waals surface area contributed by atoms with Crippen molar-refractivity contribution in [2.24, 2.45) is 0 Å². The van der Waals surface area contributed by atoms with Crippen LogP contribution >= 0.6 is 27.7 Å². The largest absolute Gasteiger partial charge is 0.497 e. The van der Waals surface area contributed by atoms with E-state index in [1.54, 1.807) is 18.9 Å². The van der Waals surface area contributed by atoms with Crippen molar-refractivity contribution in [3.8, 4) is 17.3 Å². The average Bonchev–Trinajstić information content (AvgIpc) is 3.20. The molecule has 24 heavy (non-hydrogen) atoms. The number of thioether (sulfide) groups is 1. The summed E-state index contributed by atoms with van der Waals surface area (Å²) in [5.41, 5.74) is 1.16. The Balaban J connectivity index is 1.82. The van der Waals surface area contributed by atoms with Gasteiger partial charge in [-0.05, 0) is 45.8 Å². The summed E-state index contributed by atoms with van der Waals surface area (Å²) >= 11 is 4.93. The van der Waals surface area contributed by atoms with Gasteiger partial charge < -0.3 is 9.15 Å². The molecular formula is C17H16BrN3O2S. The molecule has 5 nitrogen and oxygen atoms in total. The molecule has 0 bridgehead atoms. The second-order valence-corrected chi connectivity index (χ2v) is 6.67. The number of hydrogen-bond acceptors (Lipinski definition) is 5. The van der Waals surface area contributed by atoms with E-state index in [2.05, 4.69) is 38.8 Å². The van der Waals surface area contributed by atoms with Crippen molar-refractivity contribution in [1.82, 2.24) is 14.8 Å². The summed E-state index contributed by atoms with van der Waals surface area (Å²) in [6.07, 6.45) is 1.82. The molecule has 0 fully saturated rings. The topological polar surface area (TPSA) is 53.1 Å². The summed E-state index contributed by atoms with van der Waals surface area (Å²) in [6, 6.07) is 11.7. The van der Waals surface area contributed by atoms with E-state index in [1.807, 2.05) is 41.0 Å². The van der Waals surface area contributed by atoms with Crippen molar-refractivity contribution in [2.75, 3.05) is 7.11 Å².